The van der Waals surface area contributed by atoms with Gasteiger partial charge in [0, 0.05) is 29.1 Å². The lowest BCUT2D eigenvalue weighted by Crippen LogP contribution is -2.24. The van der Waals surface area contributed by atoms with Crippen LogP contribution >= 0.6 is 11.3 Å². The number of aryl methyl sites for hydroxylation is 2. The molecule has 0 aliphatic carbocycles. The van der Waals surface area contributed by atoms with Crippen molar-refractivity contribution in [3.63, 3.8) is 0 Å². The van der Waals surface area contributed by atoms with Gasteiger partial charge in [-0.2, -0.15) is 0 Å². The Balaban J connectivity index is 1.57. The van der Waals surface area contributed by atoms with E-state index in [1.165, 1.54) is 17.4 Å². The minimum absolute atomic E-state index is 0.137. The molecule has 0 saturated heterocycles. The van der Waals surface area contributed by atoms with Crippen LogP contribution in [0.2, 0.25) is 0 Å². The Hall–Kier alpha value is -4.04. The number of nitrogens with zero attached hydrogens (tertiary/aromatic N) is 2. The molecule has 3 heterocycles. The lowest BCUT2D eigenvalue weighted by molar-refractivity contribution is 0.00706. The first-order valence-corrected chi connectivity index (χ1v) is 13.2. The number of carbonyl (C=O) groups excluding carboxylic acids is 1. The summed E-state index contributed by atoms with van der Waals surface area (Å²) in [5, 5.41) is 4.86. The zero-order valence-corrected chi connectivity index (χ0v) is 23.0. The van der Waals surface area contributed by atoms with Gasteiger partial charge in [-0.1, -0.05) is 29.5 Å². The van der Waals surface area contributed by atoms with Crippen molar-refractivity contribution in [2.24, 2.45) is 0 Å². The van der Waals surface area contributed by atoms with E-state index in [0.29, 0.717) is 33.5 Å². The average Bonchev–Trinajstić information content (AvgIpc) is 3.22. The number of benzene rings is 2. The number of rotatable bonds is 5. The number of ether oxygens (including phenoxy) is 1. The second kappa shape index (κ2) is 9.68. The topological polar surface area (TPSA) is 94.3 Å². The summed E-state index contributed by atoms with van der Waals surface area (Å²) in [5.41, 5.74) is 4.00. The van der Waals surface area contributed by atoms with Crippen molar-refractivity contribution < 1.29 is 13.9 Å². The summed E-state index contributed by atoms with van der Waals surface area (Å²) in [5.74, 6) is 0.0184. The van der Waals surface area contributed by atoms with E-state index in [1.807, 2.05) is 71.9 Å². The molecule has 1 atom stereocenters. The molecule has 0 bridgehead atoms. The monoisotopic (exact) mass is 527 g/mol. The van der Waals surface area contributed by atoms with Crippen LogP contribution in [0.15, 0.2) is 63.9 Å². The average molecular weight is 528 g/mol. The maximum Gasteiger partial charge on any atom is 0.340 e. The number of fused-ring (bicyclic) bond motifs is 2. The SMILES string of the molecule is Cc1cc(C(C)Nc2ccccc2C(=O)OC(C)(C)C)c2oc(-c3cnc4sc(C)nc4c3)cc(=O)c2c1. The molecule has 0 aliphatic rings. The number of hydrogen-bond donors (Lipinski definition) is 1. The molecule has 1 N–H and O–H groups in total. The van der Waals surface area contributed by atoms with E-state index < -0.39 is 11.6 Å². The molecule has 3 aromatic heterocycles. The molecule has 0 fully saturated rings. The van der Waals surface area contributed by atoms with E-state index in [4.69, 9.17) is 9.15 Å². The van der Waals surface area contributed by atoms with E-state index in [-0.39, 0.29) is 11.5 Å². The summed E-state index contributed by atoms with van der Waals surface area (Å²) in [7, 11) is 0. The summed E-state index contributed by atoms with van der Waals surface area (Å²) >= 11 is 1.52. The maximum absolute atomic E-state index is 13.2. The van der Waals surface area contributed by atoms with Crippen LogP contribution in [0.25, 0.3) is 32.6 Å². The molecule has 2 aromatic carbocycles. The van der Waals surface area contributed by atoms with Gasteiger partial charge in [-0.25, -0.2) is 14.8 Å². The van der Waals surface area contributed by atoms with Crippen molar-refractivity contribution in [2.45, 2.75) is 53.2 Å². The van der Waals surface area contributed by atoms with Gasteiger partial charge in [-0.15, -0.1) is 0 Å². The van der Waals surface area contributed by atoms with E-state index in [2.05, 4.69) is 15.3 Å². The largest absolute Gasteiger partial charge is 0.456 e. The van der Waals surface area contributed by atoms with Gasteiger partial charge in [-0.05, 0) is 71.4 Å². The summed E-state index contributed by atoms with van der Waals surface area (Å²) in [4.78, 5) is 36.0. The van der Waals surface area contributed by atoms with Gasteiger partial charge >= 0.3 is 5.97 Å². The first kappa shape index (κ1) is 25.6. The number of anilines is 1. The first-order chi connectivity index (χ1) is 18.0. The molecular formula is C30H29N3O4S. The number of esters is 1. The number of aromatic nitrogens is 2. The highest BCUT2D eigenvalue weighted by Gasteiger charge is 2.22. The van der Waals surface area contributed by atoms with Crippen molar-refractivity contribution in [1.82, 2.24) is 9.97 Å². The lowest BCUT2D eigenvalue weighted by Gasteiger charge is -2.22. The molecule has 8 heteroatoms. The molecule has 1 unspecified atom stereocenters. The minimum Gasteiger partial charge on any atom is -0.456 e. The number of nitrogens with one attached hydrogen (secondary N) is 1. The van der Waals surface area contributed by atoms with E-state index >= 15 is 0 Å². The number of carbonyl (C=O) groups is 1. The van der Waals surface area contributed by atoms with Crippen LogP contribution in [-0.4, -0.2) is 21.5 Å². The van der Waals surface area contributed by atoms with Gasteiger partial charge < -0.3 is 14.5 Å². The molecule has 5 rings (SSSR count). The third-order valence-electron chi connectivity index (χ3n) is 6.03. The second-order valence-electron chi connectivity index (χ2n) is 10.4. The highest BCUT2D eigenvalue weighted by Crippen LogP contribution is 2.32. The molecule has 0 aliphatic heterocycles. The van der Waals surface area contributed by atoms with Crippen LogP contribution in [0.3, 0.4) is 0 Å². The number of para-hydroxylation sites is 1. The van der Waals surface area contributed by atoms with Crippen LogP contribution in [0.5, 0.6) is 0 Å². The quantitative estimate of drug-likeness (QED) is 0.241. The van der Waals surface area contributed by atoms with Crippen molar-refractivity contribution >= 4 is 44.3 Å². The Labute approximate surface area is 224 Å². The van der Waals surface area contributed by atoms with Crippen molar-refractivity contribution in [3.05, 3.63) is 86.6 Å². The molecule has 0 spiro atoms. The van der Waals surface area contributed by atoms with E-state index in [0.717, 1.165) is 26.5 Å². The molecule has 194 valence electrons. The minimum atomic E-state index is -0.614. The standard InChI is InChI=1S/C30H29N3O4S/c1-16-11-21(17(2)32-23-10-8-7-9-20(23)29(35)37-30(4,5)6)27-22(12-16)25(34)14-26(36-27)19-13-24-28(31-15-19)38-18(3)33-24/h7-15,17,32H,1-6H3. The Kier molecular flexibility index (Phi) is 6.53. The first-order valence-electron chi connectivity index (χ1n) is 12.4. The highest BCUT2D eigenvalue weighted by molar-refractivity contribution is 7.18. The smallest absolute Gasteiger partial charge is 0.340 e. The van der Waals surface area contributed by atoms with Gasteiger partial charge in [0.05, 0.1) is 22.0 Å². The van der Waals surface area contributed by atoms with Crippen LogP contribution < -0.4 is 10.7 Å². The summed E-state index contributed by atoms with van der Waals surface area (Å²) in [6, 6.07) is 14.2. The van der Waals surface area contributed by atoms with Crippen LogP contribution in [0, 0.1) is 13.8 Å². The number of pyridine rings is 1. The lowest BCUT2D eigenvalue weighted by atomic mass is 10.00. The predicted molar refractivity (Wildman–Crippen MR) is 152 cm³/mol. The van der Waals surface area contributed by atoms with Gasteiger partial charge in [-0.3, -0.25) is 4.79 Å². The third-order valence-corrected chi connectivity index (χ3v) is 6.92. The Bertz CT molecular complexity index is 1750. The predicted octanol–water partition coefficient (Wildman–Crippen LogP) is 7.21. The highest BCUT2D eigenvalue weighted by atomic mass is 32.1. The molecule has 0 saturated carbocycles. The van der Waals surface area contributed by atoms with Crippen molar-refractivity contribution in [3.8, 4) is 11.3 Å². The molecule has 0 amide bonds. The van der Waals surface area contributed by atoms with Crippen LogP contribution in [0.4, 0.5) is 5.69 Å². The summed E-state index contributed by atoms with van der Waals surface area (Å²) < 4.78 is 12.0. The van der Waals surface area contributed by atoms with Gasteiger partial charge in [0.2, 0.25) is 0 Å². The Morgan fingerprint density at radius 3 is 2.63 bits per heavy atom. The molecule has 0 radical (unpaired) electrons. The second-order valence-corrected chi connectivity index (χ2v) is 11.6. The molecule has 7 nitrogen and oxygen atoms in total. The van der Waals surface area contributed by atoms with Gasteiger partial charge in [0.15, 0.2) is 5.43 Å². The van der Waals surface area contributed by atoms with Crippen LogP contribution in [-0.2, 0) is 4.74 Å². The van der Waals surface area contributed by atoms with Crippen molar-refractivity contribution in [1.29, 1.82) is 0 Å². The van der Waals surface area contributed by atoms with E-state index in [1.54, 1.807) is 18.3 Å². The van der Waals surface area contributed by atoms with Gasteiger partial charge in [0.25, 0.3) is 0 Å². The third kappa shape index (κ3) is 5.17. The zero-order chi connectivity index (χ0) is 27.2. The number of hydrogen-bond acceptors (Lipinski definition) is 8. The van der Waals surface area contributed by atoms with Crippen molar-refractivity contribution in [2.75, 3.05) is 5.32 Å². The fourth-order valence-electron chi connectivity index (χ4n) is 4.40. The zero-order valence-electron chi connectivity index (χ0n) is 22.2. The number of thiazole rings is 1. The fourth-order valence-corrected chi connectivity index (χ4v) is 5.13. The van der Waals surface area contributed by atoms with E-state index in [9.17, 15) is 9.59 Å². The Morgan fingerprint density at radius 2 is 1.87 bits per heavy atom. The molecular weight excluding hydrogens is 498 g/mol. The Morgan fingerprint density at radius 1 is 1.11 bits per heavy atom. The maximum atomic E-state index is 13.2. The fraction of sp³-hybridized carbons (Fsp3) is 0.267. The normalized spacial score (nSPS) is 12.6. The summed E-state index contributed by atoms with van der Waals surface area (Å²) in [6.07, 6.45) is 1.71. The molecule has 5 aromatic rings. The molecule has 38 heavy (non-hydrogen) atoms. The summed E-state index contributed by atoms with van der Waals surface area (Å²) in [6.45, 7) is 11.4. The van der Waals surface area contributed by atoms with Gasteiger partial charge in [0.1, 0.15) is 27.3 Å². The van der Waals surface area contributed by atoms with Crippen LogP contribution in [0.1, 0.15) is 60.2 Å².